The molecule has 0 bridgehead atoms. The zero-order valence-corrected chi connectivity index (χ0v) is 9.15. The molecular weight excluding hydrogens is 206 g/mol. The molecule has 0 fully saturated rings. The molecule has 0 spiro atoms. The van der Waals surface area contributed by atoms with Gasteiger partial charge in [-0.15, -0.1) is 11.3 Å². The highest BCUT2D eigenvalue weighted by Crippen LogP contribution is 2.04. The van der Waals surface area contributed by atoms with Crippen molar-refractivity contribution in [1.82, 2.24) is 4.57 Å². The number of carbonyl (C=O) groups is 1. The van der Waals surface area contributed by atoms with E-state index in [1.54, 1.807) is 11.6 Å². The predicted molar refractivity (Wildman–Crippen MR) is 54.7 cm³/mol. The summed E-state index contributed by atoms with van der Waals surface area (Å²) in [6.45, 7) is 4.40. The van der Waals surface area contributed by atoms with E-state index in [0.29, 0.717) is 16.5 Å². The number of ether oxygens (including phenoxy) is 1. The van der Waals surface area contributed by atoms with Gasteiger partial charge in [-0.05, 0) is 18.1 Å². The second-order valence-electron chi connectivity index (χ2n) is 3.01. The maximum atomic E-state index is 11.3. The van der Waals surface area contributed by atoms with Gasteiger partial charge in [-0.3, -0.25) is 0 Å². The molecule has 0 N–H and O–H groups in total. The molecule has 0 saturated heterocycles. The second kappa shape index (κ2) is 4.53. The largest absolute Gasteiger partial charge is 0.449 e. The van der Waals surface area contributed by atoms with E-state index >= 15 is 0 Å². The molecule has 72 valence electrons. The third kappa shape index (κ3) is 2.93. The maximum absolute atomic E-state index is 11.3. The summed E-state index contributed by atoms with van der Waals surface area (Å²) < 4.78 is 6.85. The van der Waals surface area contributed by atoms with Crippen LogP contribution in [0.3, 0.4) is 0 Å². The maximum Gasteiger partial charge on any atom is 0.419 e. The van der Waals surface area contributed by atoms with E-state index in [-0.39, 0.29) is 6.09 Å². The average Bonchev–Trinajstić information content (AvgIpc) is 2.47. The van der Waals surface area contributed by atoms with Crippen LogP contribution in [0.15, 0.2) is 11.6 Å². The molecule has 0 atom stereocenters. The third-order valence-corrected chi connectivity index (χ3v) is 2.45. The van der Waals surface area contributed by atoms with Crippen molar-refractivity contribution in [1.29, 1.82) is 0 Å². The molecule has 0 unspecified atom stereocenters. The topological polar surface area (TPSA) is 31.2 Å². The smallest absolute Gasteiger partial charge is 0.419 e. The Hall–Kier alpha value is -0.680. The van der Waals surface area contributed by atoms with E-state index in [1.165, 1.54) is 15.9 Å². The lowest BCUT2D eigenvalue weighted by molar-refractivity contribution is 0.134. The van der Waals surface area contributed by atoms with Crippen LogP contribution in [0.5, 0.6) is 0 Å². The molecular formula is C8H11NO2S2. The van der Waals surface area contributed by atoms with Crippen molar-refractivity contribution in [3.05, 3.63) is 15.5 Å². The van der Waals surface area contributed by atoms with E-state index in [2.05, 4.69) is 0 Å². The van der Waals surface area contributed by atoms with Gasteiger partial charge in [0, 0.05) is 11.6 Å². The van der Waals surface area contributed by atoms with Crippen molar-refractivity contribution >= 4 is 29.6 Å². The molecule has 1 heterocycles. The molecule has 1 rings (SSSR count). The quantitative estimate of drug-likeness (QED) is 0.714. The van der Waals surface area contributed by atoms with Gasteiger partial charge in [0.15, 0.2) is 3.95 Å². The molecule has 0 radical (unpaired) electrons. The van der Waals surface area contributed by atoms with Gasteiger partial charge in [-0.25, -0.2) is 9.36 Å². The van der Waals surface area contributed by atoms with Crippen molar-refractivity contribution in [2.24, 2.45) is 5.92 Å². The highest BCUT2D eigenvalue weighted by Gasteiger charge is 2.07. The molecule has 5 heteroatoms. The van der Waals surface area contributed by atoms with Crippen LogP contribution in [-0.4, -0.2) is 17.3 Å². The zero-order valence-electron chi connectivity index (χ0n) is 7.52. The number of rotatable bonds is 2. The predicted octanol–water partition coefficient (Wildman–Crippen LogP) is 2.92. The van der Waals surface area contributed by atoms with Crippen LogP contribution in [0.25, 0.3) is 0 Å². The van der Waals surface area contributed by atoms with Gasteiger partial charge in [0.05, 0.1) is 6.61 Å². The van der Waals surface area contributed by atoms with Crippen LogP contribution in [0.4, 0.5) is 4.79 Å². The molecule has 1 aromatic heterocycles. The van der Waals surface area contributed by atoms with Crippen LogP contribution in [-0.2, 0) is 4.74 Å². The summed E-state index contributed by atoms with van der Waals surface area (Å²) in [6, 6.07) is 0. The van der Waals surface area contributed by atoms with Crippen molar-refractivity contribution in [2.75, 3.05) is 6.61 Å². The van der Waals surface area contributed by atoms with E-state index in [9.17, 15) is 4.79 Å². The van der Waals surface area contributed by atoms with Crippen LogP contribution >= 0.6 is 23.6 Å². The van der Waals surface area contributed by atoms with E-state index in [0.717, 1.165) is 0 Å². The van der Waals surface area contributed by atoms with Gasteiger partial charge in [-0.1, -0.05) is 13.8 Å². The van der Waals surface area contributed by atoms with Crippen LogP contribution in [0.2, 0.25) is 0 Å². The summed E-state index contributed by atoms with van der Waals surface area (Å²) in [5, 5.41) is 1.76. The number of aromatic nitrogens is 1. The molecule has 0 saturated carbocycles. The molecule has 0 aromatic carbocycles. The second-order valence-corrected chi connectivity index (χ2v) is 4.55. The minimum atomic E-state index is -0.389. The van der Waals surface area contributed by atoms with Crippen molar-refractivity contribution in [3.8, 4) is 0 Å². The lowest BCUT2D eigenvalue weighted by atomic mass is 10.2. The Morgan fingerprint density at radius 2 is 2.46 bits per heavy atom. The minimum absolute atomic E-state index is 0.344. The molecule has 13 heavy (non-hydrogen) atoms. The Balaban J connectivity index is 2.60. The first-order valence-corrected chi connectivity index (χ1v) is 5.23. The molecule has 0 amide bonds. The van der Waals surface area contributed by atoms with Gasteiger partial charge >= 0.3 is 6.09 Å². The molecule has 1 aromatic rings. The van der Waals surface area contributed by atoms with Gasteiger partial charge in [0.25, 0.3) is 0 Å². The fourth-order valence-corrected chi connectivity index (χ4v) is 1.56. The average molecular weight is 217 g/mol. The van der Waals surface area contributed by atoms with Crippen molar-refractivity contribution in [3.63, 3.8) is 0 Å². The van der Waals surface area contributed by atoms with E-state index < -0.39 is 0 Å². The lowest BCUT2D eigenvalue weighted by Gasteiger charge is -2.06. The van der Waals surface area contributed by atoms with Crippen molar-refractivity contribution in [2.45, 2.75) is 13.8 Å². The summed E-state index contributed by atoms with van der Waals surface area (Å²) >= 11 is 6.27. The third-order valence-electron chi connectivity index (χ3n) is 1.31. The number of thiazole rings is 1. The van der Waals surface area contributed by atoms with E-state index in [4.69, 9.17) is 17.0 Å². The summed E-state index contributed by atoms with van der Waals surface area (Å²) in [7, 11) is 0. The van der Waals surface area contributed by atoms with E-state index in [1.807, 2.05) is 13.8 Å². The number of nitrogens with zero attached hydrogens (tertiary/aromatic N) is 1. The number of hydrogen-bond acceptors (Lipinski definition) is 4. The summed E-state index contributed by atoms with van der Waals surface area (Å²) in [4.78, 5) is 11.3. The normalized spacial score (nSPS) is 10.4. The van der Waals surface area contributed by atoms with Gasteiger partial charge in [0.1, 0.15) is 0 Å². The van der Waals surface area contributed by atoms with Crippen LogP contribution < -0.4 is 0 Å². The Morgan fingerprint density at radius 3 is 2.92 bits per heavy atom. The Bertz CT molecular complexity index is 340. The Labute approximate surface area is 86.0 Å². The molecule has 0 aliphatic carbocycles. The van der Waals surface area contributed by atoms with Gasteiger partial charge in [-0.2, -0.15) is 0 Å². The minimum Gasteiger partial charge on any atom is -0.449 e. The van der Waals surface area contributed by atoms with Gasteiger partial charge < -0.3 is 4.74 Å². The first-order valence-electron chi connectivity index (χ1n) is 3.94. The first-order chi connectivity index (χ1) is 6.11. The monoisotopic (exact) mass is 217 g/mol. The molecule has 0 aliphatic rings. The number of hydrogen-bond donors (Lipinski definition) is 0. The fourth-order valence-electron chi connectivity index (χ4n) is 0.710. The highest BCUT2D eigenvalue weighted by molar-refractivity contribution is 7.73. The van der Waals surface area contributed by atoms with Crippen LogP contribution in [0.1, 0.15) is 13.8 Å². The Kier molecular flexibility index (Phi) is 3.62. The fraction of sp³-hybridized carbons (Fsp3) is 0.500. The Morgan fingerprint density at radius 1 is 1.77 bits per heavy atom. The van der Waals surface area contributed by atoms with Crippen molar-refractivity contribution < 1.29 is 9.53 Å². The molecule has 3 nitrogen and oxygen atoms in total. The van der Waals surface area contributed by atoms with Crippen LogP contribution in [0, 0.1) is 9.87 Å². The first kappa shape index (κ1) is 10.4. The SMILES string of the molecule is CC(C)COC(=O)n1ccsc1=S. The highest BCUT2D eigenvalue weighted by atomic mass is 32.1. The lowest BCUT2D eigenvalue weighted by Crippen LogP contribution is -2.15. The standard InChI is InChI=1S/C8H11NO2S2/c1-6(2)5-11-7(10)9-3-4-13-8(9)12/h3-4,6H,5H2,1-2H3. The molecule has 0 aliphatic heterocycles. The zero-order chi connectivity index (χ0) is 9.84. The number of carbonyl (C=O) groups excluding carboxylic acids is 1. The van der Waals surface area contributed by atoms with Gasteiger partial charge in [0.2, 0.25) is 0 Å². The summed E-state index contributed by atoms with van der Waals surface area (Å²) in [5.74, 6) is 0.344. The summed E-state index contributed by atoms with van der Waals surface area (Å²) in [6.07, 6.45) is 1.23. The summed E-state index contributed by atoms with van der Waals surface area (Å²) in [5.41, 5.74) is 0.